The van der Waals surface area contributed by atoms with Crippen LogP contribution in [0.2, 0.25) is 0 Å². The number of carbonyl (C=O) groups is 1. The minimum atomic E-state index is 0.000996. The van der Waals surface area contributed by atoms with Crippen LogP contribution in [-0.4, -0.2) is 33.8 Å². The molecule has 28 heavy (non-hydrogen) atoms. The fourth-order valence-corrected chi connectivity index (χ4v) is 4.02. The van der Waals surface area contributed by atoms with E-state index in [4.69, 9.17) is 4.74 Å². The maximum atomic E-state index is 12.5. The Morgan fingerprint density at radius 2 is 1.93 bits per heavy atom. The third kappa shape index (κ3) is 3.89. The summed E-state index contributed by atoms with van der Waals surface area (Å²) in [6, 6.07) is 15.9. The van der Waals surface area contributed by atoms with E-state index in [1.165, 1.54) is 0 Å². The van der Waals surface area contributed by atoms with Gasteiger partial charge >= 0.3 is 0 Å². The minimum absolute atomic E-state index is 0.000996. The van der Waals surface area contributed by atoms with Crippen LogP contribution >= 0.6 is 11.8 Å². The summed E-state index contributed by atoms with van der Waals surface area (Å²) in [6.45, 7) is 1.92. The molecule has 1 aliphatic rings. The number of amides is 1. The lowest BCUT2D eigenvalue weighted by molar-refractivity contribution is 0.0950. The number of ether oxygens (including phenoxy) is 1. The summed E-state index contributed by atoms with van der Waals surface area (Å²) < 4.78 is 7.48. The molecule has 144 valence electrons. The van der Waals surface area contributed by atoms with E-state index in [2.05, 4.69) is 15.5 Å². The average molecular weight is 395 g/mol. The van der Waals surface area contributed by atoms with Crippen LogP contribution in [0, 0.1) is 6.92 Å². The van der Waals surface area contributed by atoms with Crippen LogP contribution in [0.1, 0.15) is 34.6 Å². The van der Waals surface area contributed by atoms with Gasteiger partial charge in [-0.1, -0.05) is 42.1 Å². The highest BCUT2D eigenvalue weighted by Gasteiger charge is 2.25. The Morgan fingerprint density at radius 1 is 1.18 bits per heavy atom. The Kier molecular flexibility index (Phi) is 5.34. The molecule has 1 amide bonds. The monoisotopic (exact) mass is 394 g/mol. The van der Waals surface area contributed by atoms with Crippen molar-refractivity contribution >= 4 is 17.7 Å². The van der Waals surface area contributed by atoms with E-state index in [9.17, 15) is 4.79 Å². The number of methoxy groups -OCH3 is 1. The molecule has 0 spiro atoms. The standard InChI is InChI=1S/C21H22N4O2S/c1-14-23-24-21(25(14)18-9-5-6-10-19(18)27-2)28-13-15-7-3-4-8-17(15)20(26)22-16-11-12-16/h3-10,16H,11-13H2,1-2H3,(H,22,26). The van der Waals surface area contributed by atoms with Crippen LogP contribution in [-0.2, 0) is 5.75 Å². The van der Waals surface area contributed by atoms with Crippen molar-refractivity contribution < 1.29 is 9.53 Å². The number of aryl methyl sites for hydroxylation is 1. The number of benzene rings is 2. The first kappa shape index (κ1) is 18.6. The first-order valence-electron chi connectivity index (χ1n) is 9.24. The van der Waals surface area contributed by atoms with Crippen LogP contribution in [0.3, 0.4) is 0 Å². The topological polar surface area (TPSA) is 69.0 Å². The third-order valence-corrected chi connectivity index (χ3v) is 5.63. The summed E-state index contributed by atoms with van der Waals surface area (Å²) in [6.07, 6.45) is 2.15. The van der Waals surface area contributed by atoms with Crippen LogP contribution in [0.15, 0.2) is 53.7 Å². The molecule has 1 saturated carbocycles. The predicted octanol–water partition coefficient (Wildman–Crippen LogP) is 3.77. The molecule has 1 heterocycles. The summed E-state index contributed by atoms with van der Waals surface area (Å²) in [7, 11) is 1.65. The van der Waals surface area contributed by atoms with Crippen molar-refractivity contribution in [2.45, 2.75) is 36.7 Å². The number of rotatable bonds is 7. The second kappa shape index (κ2) is 8.06. The molecular formula is C21H22N4O2S. The van der Waals surface area contributed by atoms with E-state index in [0.29, 0.717) is 11.8 Å². The first-order chi connectivity index (χ1) is 13.7. The van der Waals surface area contributed by atoms with Crippen LogP contribution in [0.5, 0.6) is 5.75 Å². The lowest BCUT2D eigenvalue weighted by Gasteiger charge is -2.13. The molecule has 1 N–H and O–H groups in total. The van der Waals surface area contributed by atoms with Crippen molar-refractivity contribution in [3.63, 3.8) is 0 Å². The molecule has 0 bridgehead atoms. The lowest BCUT2D eigenvalue weighted by Crippen LogP contribution is -2.26. The highest BCUT2D eigenvalue weighted by molar-refractivity contribution is 7.98. The summed E-state index contributed by atoms with van der Waals surface area (Å²) in [5.74, 6) is 2.17. The van der Waals surface area contributed by atoms with Gasteiger partial charge in [0.15, 0.2) is 5.16 Å². The largest absolute Gasteiger partial charge is 0.495 e. The van der Waals surface area contributed by atoms with E-state index >= 15 is 0 Å². The van der Waals surface area contributed by atoms with Crippen molar-refractivity contribution in [1.82, 2.24) is 20.1 Å². The molecule has 4 rings (SSSR count). The van der Waals surface area contributed by atoms with Gasteiger partial charge in [-0.25, -0.2) is 0 Å². The van der Waals surface area contributed by atoms with Gasteiger partial charge in [-0.15, -0.1) is 10.2 Å². The molecule has 1 fully saturated rings. The molecule has 7 heteroatoms. The molecule has 0 radical (unpaired) electrons. The molecule has 3 aromatic rings. The number of nitrogens with one attached hydrogen (secondary N) is 1. The maximum absolute atomic E-state index is 12.5. The molecule has 0 saturated heterocycles. The number of nitrogens with zero attached hydrogens (tertiary/aromatic N) is 3. The number of hydrogen-bond donors (Lipinski definition) is 1. The molecule has 1 aromatic heterocycles. The van der Waals surface area contributed by atoms with Crippen molar-refractivity contribution in [3.05, 3.63) is 65.5 Å². The van der Waals surface area contributed by atoms with Crippen molar-refractivity contribution in [1.29, 1.82) is 0 Å². The predicted molar refractivity (Wildman–Crippen MR) is 109 cm³/mol. The van der Waals surface area contributed by atoms with Gasteiger partial charge in [0, 0.05) is 17.4 Å². The highest BCUT2D eigenvalue weighted by Crippen LogP contribution is 2.30. The normalized spacial score (nSPS) is 13.4. The van der Waals surface area contributed by atoms with Gasteiger partial charge < -0.3 is 10.1 Å². The fraction of sp³-hybridized carbons (Fsp3) is 0.286. The maximum Gasteiger partial charge on any atom is 0.251 e. The smallest absolute Gasteiger partial charge is 0.251 e. The van der Waals surface area contributed by atoms with Gasteiger partial charge in [-0.2, -0.15) is 0 Å². The zero-order valence-electron chi connectivity index (χ0n) is 15.9. The number of hydrogen-bond acceptors (Lipinski definition) is 5. The molecule has 0 atom stereocenters. The van der Waals surface area contributed by atoms with Crippen molar-refractivity contribution in [2.24, 2.45) is 0 Å². The Balaban J connectivity index is 1.58. The van der Waals surface area contributed by atoms with E-state index in [1.54, 1.807) is 18.9 Å². The van der Waals surface area contributed by atoms with Crippen LogP contribution < -0.4 is 10.1 Å². The zero-order chi connectivity index (χ0) is 19.5. The van der Waals surface area contributed by atoms with Gasteiger partial charge in [-0.05, 0) is 43.5 Å². The lowest BCUT2D eigenvalue weighted by atomic mass is 10.1. The van der Waals surface area contributed by atoms with Gasteiger partial charge in [0.25, 0.3) is 5.91 Å². The Bertz CT molecular complexity index is 998. The molecule has 2 aromatic carbocycles. The van der Waals surface area contributed by atoms with Gasteiger partial charge in [0.05, 0.1) is 12.8 Å². The number of carbonyl (C=O) groups excluding carboxylic acids is 1. The zero-order valence-corrected chi connectivity index (χ0v) is 16.7. The Labute approximate surface area is 168 Å². The molecule has 1 aliphatic carbocycles. The van der Waals surface area contributed by atoms with Gasteiger partial charge in [0.2, 0.25) is 0 Å². The molecule has 0 aliphatic heterocycles. The van der Waals surface area contributed by atoms with Crippen molar-refractivity contribution in [3.8, 4) is 11.4 Å². The van der Waals surface area contributed by atoms with E-state index in [-0.39, 0.29) is 5.91 Å². The molecular weight excluding hydrogens is 372 g/mol. The summed E-state index contributed by atoms with van der Waals surface area (Å²) in [4.78, 5) is 12.5. The van der Waals surface area contributed by atoms with E-state index in [1.807, 2.05) is 60.0 Å². The second-order valence-electron chi connectivity index (χ2n) is 6.73. The fourth-order valence-electron chi connectivity index (χ4n) is 3.03. The Morgan fingerprint density at radius 3 is 2.71 bits per heavy atom. The van der Waals surface area contributed by atoms with Crippen LogP contribution in [0.4, 0.5) is 0 Å². The molecule has 6 nitrogen and oxygen atoms in total. The third-order valence-electron chi connectivity index (χ3n) is 4.65. The van der Waals surface area contributed by atoms with Gasteiger partial charge in [-0.3, -0.25) is 9.36 Å². The van der Waals surface area contributed by atoms with E-state index in [0.717, 1.165) is 46.4 Å². The van der Waals surface area contributed by atoms with Gasteiger partial charge in [0.1, 0.15) is 11.6 Å². The van der Waals surface area contributed by atoms with E-state index < -0.39 is 0 Å². The van der Waals surface area contributed by atoms with Crippen LogP contribution in [0.25, 0.3) is 5.69 Å². The van der Waals surface area contributed by atoms with Crippen molar-refractivity contribution in [2.75, 3.05) is 7.11 Å². The highest BCUT2D eigenvalue weighted by atomic mass is 32.2. The summed E-state index contributed by atoms with van der Waals surface area (Å²) in [5.41, 5.74) is 2.61. The number of aromatic nitrogens is 3. The Hall–Kier alpha value is -2.80. The summed E-state index contributed by atoms with van der Waals surface area (Å²) >= 11 is 1.55. The second-order valence-corrected chi connectivity index (χ2v) is 7.67. The molecule has 0 unspecified atom stereocenters. The first-order valence-corrected chi connectivity index (χ1v) is 10.2. The quantitative estimate of drug-likeness (QED) is 0.618. The summed E-state index contributed by atoms with van der Waals surface area (Å²) in [5, 5.41) is 12.4. The number of thioether (sulfide) groups is 1. The average Bonchev–Trinajstić information content (AvgIpc) is 3.46. The minimum Gasteiger partial charge on any atom is -0.495 e. The number of para-hydroxylation sites is 2. The SMILES string of the molecule is COc1ccccc1-n1c(C)nnc1SCc1ccccc1C(=O)NC1CC1.